The number of hydrogen-bond acceptors (Lipinski definition) is 4. The summed E-state index contributed by atoms with van der Waals surface area (Å²) in [5.41, 5.74) is 4.01. The number of halogens is 1. The maximum Gasteiger partial charge on any atom is 0.133 e. The Kier molecular flexibility index (Phi) is 4.69. The van der Waals surface area contributed by atoms with E-state index in [2.05, 4.69) is 33.4 Å². The van der Waals surface area contributed by atoms with E-state index in [9.17, 15) is 0 Å². The van der Waals surface area contributed by atoms with Crippen molar-refractivity contribution in [1.29, 1.82) is 0 Å². The maximum atomic E-state index is 6.11. The Hall–Kier alpha value is -1.62. The number of benzene rings is 1. The van der Waals surface area contributed by atoms with E-state index in [1.165, 1.54) is 16.7 Å². The molecule has 1 aliphatic heterocycles. The fourth-order valence-corrected chi connectivity index (χ4v) is 3.85. The van der Waals surface area contributed by atoms with Gasteiger partial charge < -0.3 is 15.0 Å². The summed E-state index contributed by atoms with van der Waals surface area (Å²) in [6.07, 6.45) is 4.10. The quantitative estimate of drug-likeness (QED) is 0.923. The monoisotopic (exact) mass is 343 g/mol. The first-order valence-corrected chi connectivity index (χ1v) is 8.97. The van der Waals surface area contributed by atoms with Crippen molar-refractivity contribution in [1.82, 2.24) is 10.3 Å². The Balaban J connectivity index is 1.47. The summed E-state index contributed by atoms with van der Waals surface area (Å²) in [6.45, 7) is 4.21. The Morgan fingerprint density at radius 1 is 1.25 bits per heavy atom. The molecule has 0 spiro atoms. The predicted molar refractivity (Wildman–Crippen MR) is 96.6 cm³/mol. The van der Waals surface area contributed by atoms with E-state index in [0.29, 0.717) is 6.04 Å². The van der Waals surface area contributed by atoms with Gasteiger partial charge in [-0.2, -0.15) is 0 Å². The van der Waals surface area contributed by atoms with Crippen LogP contribution < -0.4 is 10.2 Å². The second kappa shape index (κ2) is 7.09. The molecule has 0 amide bonds. The zero-order valence-electron chi connectivity index (χ0n) is 13.7. The molecule has 2 aliphatic rings. The fraction of sp³-hybridized carbons (Fsp3) is 0.421. The zero-order valence-corrected chi connectivity index (χ0v) is 14.4. The molecule has 5 heteroatoms. The number of morpholine rings is 1. The largest absolute Gasteiger partial charge is 0.378 e. The van der Waals surface area contributed by atoms with E-state index < -0.39 is 0 Å². The van der Waals surface area contributed by atoms with Gasteiger partial charge in [-0.15, -0.1) is 0 Å². The first kappa shape index (κ1) is 15.9. The molecule has 0 unspecified atom stereocenters. The molecule has 1 N–H and O–H groups in total. The van der Waals surface area contributed by atoms with Crippen molar-refractivity contribution in [2.45, 2.75) is 25.4 Å². The standard InChI is InChI=1S/C19H22ClN3O/c20-16-4-5-17-14(12-16)3-6-18(17)22-13-15-2-1-7-21-19(15)23-8-10-24-11-9-23/h1-2,4-5,7,12,18,22H,3,6,8-11,13H2/t18-/m1/s1. The van der Waals surface area contributed by atoms with Crippen molar-refractivity contribution in [2.75, 3.05) is 31.2 Å². The van der Waals surface area contributed by atoms with Gasteiger partial charge in [-0.3, -0.25) is 0 Å². The van der Waals surface area contributed by atoms with Crippen molar-refractivity contribution in [2.24, 2.45) is 0 Å². The van der Waals surface area contributed by atoms with Crippen LogP contribution in [0.1, 0.15) is 29.2 Å². The van der Waals surface area contributed by atoms with Crippen LogP contribution >= 0.6 is 11.6 Å². The summed E-state index contributed by atoms with van der Waals surface area (Å²) in [5, 5.41) is 4.54. The molecule has 4 rings (SSSR count). The van der Waals surface area contributed by atoms with Crippen LogP contribution in [0.25, 0.3) is 0 Å². The molecule has 1 atom stereocenters. The van der Waals surface area contributed by atoms with Crippen molar-refractivity contribution < 1.29 is 4.74 Å². The van der Waals surface area contributed by atoms with E-state index in [4.69, 9.17) is 16.3 Å². The number of fused-ring (bicyclic) bond motifs is 1. The van der Waals surface area contributed by atoms with Crippen LogP contribution in [0, 0.1) is 0 Å². The lowest BCUT2D eigenvalue weighted by Gasteiger charge is -2.29. The van der Waals surface area contributed by atoms with Gasteiger partial charge >= 0.3 is 0 Å². The van der Waals surface area contributed by atoms with Gasteiger partial charge in [-0.25, -0.2) is 4.98 Å². The minimum absolute atomic E-state index is 0.398. The van der Waals surface area contributed by atoms with Gasteiger partial charge in [0, 0.05) is 42.5 Å². The molecule has 126 valence electrons. The molecule has 2 heterocycles. The number of pyridine rings is 1. The summed E-state index contributed by atoms with van der Waals surface area (Å²) in [6, 6.07) is 10.8. The summed E-state index contributed by atoms with van der Waals surface area (Å²) >= 11 is 6.11. The predicted octanol–water partition coefficient (Wildman–Crippen LogP) is 3.35. The van der Waals surface area contributed by atoms with Gasteiger partial charge in [0.05, 0.1) is 13.2 Å². The van der Waals surface area contributed by atoms with Crippen LogP contribution in [-0.2, 0) is 17.7 Å². The summed E-state index contributed by atoms with van der Waals surface area (Å²) < 4.78 is 5.46. The molecule has 1 aromatic carbocycles. The van der Waals surface area contributed by atoms with Gasteiger partial charge in [0.2, 0.25) is 0 Å². The number of nitrogens with zero attached hydrogens (tertiary/aromatic N) is 2. The third-order valence-corrected chi connectivity index (χ3v) is 5.13. The van der Waals surface area contributed by atoms with Crippen molar-refractivity contribution in [3.63, 3.8) is 0 Å². The molecule has 1 aliphatic carbocycles. The first-order chi connectivity index (χ1) is 11.8. The number of anilines is 1. The minimum atomic E-state index is 0.398. The molecular formula is C19H22ClN3O. The number of aryl methyl sites for hydroxylation is 1. The van der Waals surface area contributed by atoms with E-state index in [0.717, 1.165) is 56.5 Å². The Labute approximate surface area is 147 Å². The lowest BCUT2D eigenvalue weighted by Crippen LogP contribution is -2.37. The topological polar surface area (TPSA) is 37.4 Å². The van der Waals surface area contributed by atoms with E-state index in [1.54, 1.807) is 0 Å². The van der Waals surface area contributed by atoms with Crippen LogP contribution in [0.5, 0.6) is 0 Å². The summed E-state index contributed by atoms with van der Waals surface area (Å²) in [4.78, 5) is 6.94. The second-order valence-electron chi connectivity index (χ2n) is 6.40. The van der Waals surface area contributed by atoms with Gasteiger partial charge in [0.1, 0.15) is 5.82 Å². The highest BCUT2D eigenvalue weighted by Gasteiger charge is 2.23. The number of rotatable bonds is 4. The number of ether oxygens (including phenoxy) is 1. The van der Waals surface area contributed by atoms with Gasteiger partial charge in [0.15, 0.2) is 0 Å². The van der Waals surface area contributed by atoms with Gasteiger partial charge in [0.25, 0.3) is 0 Å². The molecule has 4 nitrogen and oxygen atoms in total. The fourth-order valence-electron chi connectivity index (χ4n) is 3.66. The first-order valence-electron chi connectivity index (χ1n) is 8.59. The molecule has 1 fully saturated rings. The SMILES string of the molecule is Clc1ccc2c(c1)CC[C@H]2NCc1cccnc1N1CCOCC1. The highest BCUT2D eigenvalue weighted by molar-refractivity contribution is 6.30. The van der Waals surface area contributed by atoms with Crippen LogP contribution in [0.4, 0.5) is 5.82 Å². The molecule has 1 saturated heterocycles. The van der Waals surface area contributed by atoms with Gasteiger partial charge in [-0.05, 0) is 42.2 Å². The third-order valence-electron chi connectivity index (χ3n) is 4.90. The lowest BCUT2D eigenvalue weighted by molar-refractivity contribution is 0.122. The Morgan fingerprint density at radius 2 is 2.12 bits per heavy atom. The van der Waals surface area contributed by atoms with Crippen molar-refractivity contribution in [3.8, 4) is 0 Å². The smallest absolute Gasteiger partial charge is 0.133 e. The molecule has 2 aromatic rings. The van der Waals surface area contributed by atoms with E-state index in [1.807, 2.05) is 18.3 Å². The highest BCUT2D eigenvalue weighted by atomic mass is 35.5. The van der Waals surface area contributed by atoms with Crippen LogP contribution in [-0.4, -0.2) is 31.3 Å². The summed E-state index contributed by atoms with van der Waals surface area (Å²) in [7, 11) is 0. The molecule has 1 aromatic heterocycles. The highest BCUT2D eigenvalue weighted by Crippen LogP contribution is 2.33. The van der Waals surface area contributed by atoms with Crippen LogP contribution in [0.2, 0.25) is 5.02 Å². The minimum Gasteiger partial charge on any atom is -0.378 e. The lowest BCUT2D eigenvalue weighted by atomic mass is 10.1. The van der Waals surface area contributed by atoms with Crippen LogP contribution in [0.3, 0.4) is 0 Å². The third kappa shape index (κ3) is 3.27. The zero-order chi connectivity index (χ0) is 16.4. The molecule has 0 bridgehead atoms. The van der Waals surface area contributed by atoms with Gasteiger partial charge in [-0.1, -0.05) is 23.7 Å². The average molecular weight is 344 g/mol. The van der Waals surface area contributed by atoms with E-state index >= 15 is 0 Å². The Bertz CT molecular complexity index is 716. The number of aromatic nitrogens is 1. The summed E-state index contributed by atoms with van der Waals surface area (Å²) in [5.74, 6) is 1.09. The molecular weight excluding hydrogens is 322 g/mol. The van der Waals surface area contributed by atoms with E-state index in [-0.39, 0.29) is 0 Å². The molecule has 0 radical (unpaired) electrons. The van der Waals surface area contributed by atoms with Crippen molar-refractivity contribution in [3.05, 3.63) is 58.2 Å². The Morgan fingerprint density at radius 3 is 3.00 bits per heavy atom. The second-order valence-corrected chi connectivity index (χ2v) is 6.84. The maximum absolute atomic E-state index is 6.11. The number of nitrogens with one attached hydrogen (secondary N) is 1. The molecule has 24 heavy (non-hydrogen) atoms. The average Bonchev–Trinajstić information content (AvgIpc) is 3.03. The van der Waals surface area contributed by atoms with Crippen LogP contribution in [0.15, 0.2) is 36.5 Å². The normalized spacial score (nSPS) is 20.2. The molecule has 0 saturated carbocycles. The number of hydrogen-bond donors (Lipinski definition) is 1. The van der Waals surface area contributed by atoms with Crippen molar-refractivity contribution >= 4 is 17.4 Å².